The van der Waals surface area contributed by atoms with E-state index in [4.69, 9.17) is 5.11 Å². The number of amides is 1. The summed E-state index contributed by atoms with van der Waals surface area (Å²) in [6.45, 7) is 1.71. The average molecular weight is 265 g/mol. The monoisotopic (exact) mass is 265 g/mol. The smallest absolute Gasteiger partial charge is 0.308 e. The van der Waals surface area contributed by atoms with Gasteiger partial charge in [-0.3, -0.25) is 9.59 Å². The molecule has 1 aromatic carbocycles. The zero-order valence-corrected chi connectivity index (χ0v) is 11.2. The minimum absolute atomic E-state index is 0.0229. The normalized spacial score (nSPS) is 11.7. The SMILES string of the molecule is COC(=O)C(C)CCC(=O)Nc1ccc(CO)cc1. The number of carbonyl (C=O) groups is 2. The van der Waals surface area contributed by atoms with Gasteiger partial charge >= 0.3 is 5.97 Å². The maximum atomic E-state index is 11.7. The van der Waals surface area contributed by atoms with Gasteiger partial charge in [-0.25, -0.2) is 0 Å². The molecule has 1 rings (SSSR count). The maximum absolute atomic E-state index is 11.7. The summed E-state index contributed by atoms with van der Waals surface area (Å²) in [4.78, 5) is 22.8. The summed E-state index contributed by atoms with van der Waals surface area (Å²) < 4.78 is 4.59. The number of aliphatic hydroxyl groups is 1. The fraction of sp³-hybridized carbons (Fsp3) is 0.429. The number of ether oxygens (including phenoxy) is 1. The summed E-state index contributed by atoms with van der Waals surface area (Å²) in [6.07, 6.45) is 0.714. The number of hydrogen-bond donors (Lipinski definition) is 2. The lowest BCUT2D eigenvalue weighted by Gasteiger charge is -2.09. The number of aliphatic hydroxyl groups excluding tert-OH is 1. The highest BCUT2D eigenvalue weighted by Crippen LogP contribution is 2.12. The van der Waals surface area contributed by atoms with Crippen LogP contribution >= 0.6 is 0 Å². The lowest BCUT2D eigenvalue weighted by Crippen LogP contribution is -2.17. The van der Waals surface area contributed by atoms with Gasteiger partial charge < -0.3 is 15.2 Å². The zero-order chi connectivity index (χ0) is 14.3. The molecule has 2 N–H and O–H groups in total. The van der Waals surface area contributed by atoms with Gasteiger partial charge in [-0.05, 0) is 24.1 Å². The summed E-state index contributed by atoms with van der Waals surface area (Å²) in [5.74, 6) is -0.736. The van der Waals surface area contributed by atoms with Gasteiger partial charge in [-0.1, -0.05) is 19.1 Å². The van der Waals surface area contributed by atoms with Crippen LogP contribution in [0.5, 0.6) is 0 Å². The summed E-state index contributed by atoms with van der Waals surface area (Å²) >= 11 is 0. The second-order valence-electron chi connectivity index (χ2n) is 4.37. The van der Waals surface area contributed by atoms with Gasteiger partial charge in [-0.15, -0.1) is 0 Å². The van der Waals surface area contributed by atoms with Crippen molar-refractivity contribution in [1.82, 2.24) is 0 Å². The highest BCUT2D eigenvalue weighted by molar-refractivity contribution is 5.90. The van der Waals surface area contributed by atoms with Crippen molar-refractivity contribution < 1.29 is 19.4 Å². The van der Waals surface area contributed by atoms with E-state index in [9.17, 15) is 9.59 Å². The first kappa shape index (κ1) is 15.2. The number of benzene rings is 1. The Morgan fingerprint density at radius 3 is 2.47 bits per heavy atom. The standard InChI is InChI=1S/C14H19NO4/c1-10(14(18)19-2)3-8-13(17)15-12-6-4-11(9-16)5-7-12/h4-7,10,16H,3,8-9H2,1-2H3,(H,15,17). The van der Waals surface area contributed by atoms with Crippen molar-refractivity contribution in [2.24, 2.45) is 5.92 Å². The highest BCUT2D eigenvalue weighted by Gasteiger charge is 2.14. The van der Waals surface area contributed by atoms with E-state index in [1.165, 1.54) is 7.11 Å². The molecule has 0 heterocycles. The van der Waals surface area contributed by atoms with Crippen molar-refractivity contribution in [2.45, 2.75) is 26.4 Å². The topological polar surface area (TPSA) is 75.6 Å². The molecule has 0 bridgehead atoms. The van der Waals surface area contributed by atoms with Crippen LogP contribution in [0.3, 0.4) is 0 Å². The van der Waals surface area contributed by atoms with E-state index in [0.717, 1.165) is 5.56 Å². The Balaban J connectivity index is 2.40. The Morgan fingerprint density at radius 2 is 1.95 bits per heavy atom. The molecular formula is C14H19NO4. The van der Waals surface area contributed by atoms with Crippen LogP contribution < -0.4 is 5.32 Å². The number of nitrogens with one attached hydrogen (secondary N) is 1. The second kappa shape index (κ2) is 7.53. The summed E-state index contributed by atoms with van der Waals surface area (Å²) in [7, 11) is 1.33. The van der Waals surface area contributed by atoms with Crippen molar-refractivity contribution in [3.05, 3.63) is 29.8 Å². The third-order valence-corrected chi connectivity index (χ3v) is 2.83. The van der Waals surface area contributed by atoms with E-state index in [1.54, 1.807) is 31.2 Å². The van der Waals surface area contributed by atoms with Gasteiger partial charge in [0.15, 0.2) is 0 Å². The van der Waals surface area contributed by atoms with E-state index in [1.807, 2.05) is 0 Å². The molecular weight excluding hydrogens is 246 g/mol. The van der Waals surface area contributed by atoms with Gasteiger partial charge in [0.05, 0.1) is 19.6 Å². The fourth-order valence-electron chi connectivity index (χ4n) is 1.58. The van der Waals surface area contributed by atoms with Crippen LogP contribution in [-0.4, -0.2) is 24.1 Å². The summed E-state index contributed by atoms with van der Waals surface area (Å²) in [5, 5.41) is 11.6. The van der Waals surface area contributed by atoms with Crippen molar-refractivity contribution in [3.8, 4) is 0 Å². The molecule has 19 heavy (non-hydrogen) atoms. The van der Waals surface area contributed by atoms with Gasteiger partial charge in [0.1, 0.15) is 0 Å². The Morgan fingerprint density at radius 1 is 1.32 bits per heavy atom. The molecule has 0 aliphatic rings. The first-order valence-corrected chi connectivity index (χ1v) is 6.14. The molecule has 0 radical (unpaired) electrons. The lowest BCUT2D eigenvalue weighted by molar-refractivity contribution is -0.145. The maximum Gasteiger partial charge on any atom is 0.308 e. The zero-order valence-electron chi connectivity index (χ0n) is 11.2. The largest absolute Gasteiger partial charge is 0.469 e. The van der Waals surface area contributed by atoms with Crippen LogP contribution in [0.4, 0.5) is 5.69 Å². The molecule has 0 aliphatic heterocycles. The first-order chi connectivity index (χ1) is 9.06. The molecule has 0 fully saturated rings. The number of anilines is 1. The quantitative estimate of drug-likeness (QED) is 0.768. The fourth-order valence-corrected chi connectivity index (χ4v) is 1.58. The molecule has 5 nitrogen and oxygen atoms in total. The van der Waals surface area contributed by atoms with Crippen molar-refractivity contribution in [3.63, 3.8) is 0 Å². The molecule has 0 aliphatic carbocycles. The molecule has 0 saturated carbocycles. The van der Waals surface area contributed by atoms with Gasteiger partial charge in [-0.2, -0.15) is 0 Å². The van der Waals surface area contributed by atoms with Gasteiger partial charge in [0.25, 0.3) is 0 Å². The van der Waals surface area contributed by atoms with Crippen LogP contribution in [0.25, 0.3) is 0 Å². The Labute approximate surface area is 112 Å². The van der Waals surface area contributed by atoms with E-state index >= 15 is 0 Å². The third kappa shape index (κ3) is 5.09. The predicted molar refractivity (Wildman–Crippen MR) is 71.4 cm³/mol. The Hall–Kier alpha value is -1.88. The molecule has 1 atom stereocenters. The molecule has 1 amide bonds. The van der Waals surface area contributed by atoms with Crippen molar-refractivity contribution >= 4 is 17.6 Å². The molecule has 104 valence electrons. The van der Waals surface area contributed by atoms with Crippen LogP contribution in [0.2, 0.25) is 0 Å². The van der Waals surface area contributed by atoms with Gasteiger partial charge in [0, 0.05) is 12.1 Å². The van der Waals surface area contributed by atoms with Crippen molar-refractivity contribution in [2.75, 3.05) is 12.4 Å². The Bertz CT molecular complexity index is 428. The molecule has 5 heteroatoms. The summed E-state index contributed by atoms with van der Waals surface area (Å²) in [5.41, 5.74) is 1.46. The molecule has 0 spiro atoms. The number of rotatable bonds is 6. The molecule has 0 saturated heterocycles. The minimum Gasteiger partial charge on any atom is -0.469 e. The number of carbonyl (C=O) groups excluding carboxylic acids is 2. The average Bonchev–Trinajstić information content (AvgIpc) is 2.44. The number of methoxy groups -OCH3 is 1. The van der Waals surface area contributed by atoms with Crippen LogP contribution in [0, 0.1) is 5.92 Å². The van der Waals surface area contributed by atoms with E-state index in [-0.39, 0.29) is 30.8 Å². The van der Waals surface area contributed by atoms with E-state index in [2.05, 4.69) is 10.1 Å². The van der Waals surface area contributed by atoms with Crippen LogP contribution in [0.15, 0.2) is 24.3 Å². The minimum atomic E-state index is -0.305. The molecule has 0 aromatic heterocycles. The van der Waals surface area contributed by atoms with Crippen LogP contribution in [0.1, 0.15) is 25.3 Å². The third-order valence-electron chi connectivity index (χ3n) is 2.83. The lowest BCUT2D eigenvalue weighted by atomic mass is 10.1. The molecule has 1 aromatic rings. The highest BCUT2D eigenvalue weighted by atomic mass is 16.5. The Kier molecular flexibility index (Phi) is 6.02. The van der Waals surface area contributed by atoms with E-state index in [0.29, 0.717) is 12.1 Å². The number of esters is 1. The summed E-state index contributed by atoms with van der Waals surface area (Å²) in [6, 6.07) is 6.94. The first-order valence-electron chi connectivity index (χ1n) is 6.14. The molecule has 1 unspecified atom stereocenters. The number of hydrogen-bond acceptors (Lipinski definition) is 4. The second-order valence-corrected chi connectivity index (χ2v) is 4.37. The van der Waals surface area contributed by atoms with Crippen molar-refractivity contribution in [1.29, 1.82) is 0 Å². The van der Waals surface area contributed by atoms with Gasteiger partial charge in [0.2, 0.25) is 5.91 Å². The van der Waals surface area contributed by atoms with E-state index < -0.39 is 0 Å². The van der Waals surface area contributed by atoms with Crippen LogP contribution in [-0.2, 0) is 20.9 Å². The predicted octanol–water partition coefficient (Wildman–Crippen LogP) is 1.71.